The SMILES string of the molecule is CC1(C)c2ccccc2-c2ccc(N(c3ccc(-c4cccc5c4oc4ccccc45)cc3)c3ccc4oc5c(-n6c7ccccc7c7ccccc76)c6c(cc5c4c3)oc3ccccc36)cc21. The summed E-state index contributed by atoms with van der Waals surface area (Å²) in [6.45, 7) is 4.69. The van der Waals surface area contributed by atoms with Crippen molar-refractivity contribution in [2.75, 3.05) is 4.90 Å². The van der Waals surface area contributed by atoms with Crippen LogP contribution in [0.2, 0.25) is 0 Å². The minimum absolute atomic E-state index is 0.172. The summed E-state index contributed by atoms with van der Waals surface area (Å²) in [5, 5.41) is 8.70. The number of benzene rings is 10. The standard InChI is InChI=1S/C63H40N2O3/c1-63(2)51-21-8-3-14-42(51)43-32-30-40(35-52(43)63)64(38-28-26-37(27-29-38)41-19-13-20-47-46-17-6-11-24-55(46)67-61(41)47)39-31-33-57-49(34-39)50-36-58-59(48-18-7-12-25-56(48)66-58)60(62(50)68-57)65-53-22-9-4-15-44(53)45-16-5-10-23-54(45)65/h3-36H,1-2H3. The smallest absolute Gasteiger partial charge is 0.160 e. The maximum absolute atomic E-state index is 7.13. The summed E-state index contributed by atoms with van der Waals surface area (Å²) in [6.07, 6.45) is 0. The lowest BCUT2D eigenvalue weighted by atomic mass is 9.82. The Kier molecular flexibility index (Phi) is 7.50. The largest absolute Gasteiger partial charge is 0.456 e. The molecule has 10 aromatic carbocycles. The zero-order valence-corrected chi connectivity index (χ0v) is 37.2. The van der Waals surface area contributed by atoms with Crippen LogP contribution in [0.25, 0.3) is 116 Å². The molecule has 0 fully saturated rings. The van der Waals surface area contributed by atoms with E-state index in [9.17, 15) is 0 Å². The van der Waals surface area contributed by atoms with E-state index in [1.807, 2.05) is 18.2 Å². The Morgan fingerprint density at radius 3 is 1.74 bits per heavy atom. The van der Waals surface area contributed by atoms with Crippen LogP contribution in [-0.2, 0) is 5.41 Å². The van der Waals surface area contributed by atoms with Gasteiger partial charge in [0.25, 0.3) is 0 Å². The number of hydrogen-bond donors (Lipinski definition) is 0. The molecule has 0 aliphatic heterocycles. The van der Waals surface area contributed by atoms with Crippen molar-refractivity contribution in [2.24, 2.45) is 0 Å². The molecular weight excluding hydrogens is 833 g/mol. The molecule has 1 aliphatic carbocycles. The van der Waals surface area contributed by atoms with Crippen LogP contribution in [0.4, 0.5) is 17.1 Å². The Balaban J connectivity index is 0.964. The summed E-state index contributed by atoms with van der Waals surface area (Å²) < 4.78 is 22.8. The molecule has 0 amide bonds. The van der Waals surface area contributed by atoms with Gasteiger partial charge in [-0.05, 0) is 101 Å². The Bertz CT molecular complexity index is 4370. The molecule has 14 aromatic rings. The van der Waals surface area contributed by atoms with Gasteiger partial charge in [-0.1, -0.05) is 147 Å². The summed E-state index contributed by atoms with van der Waals surface area (Å²) in [5.74, 6) is 0. The normalized spacial score (nSPS) is 13.3. The summed E-state index contributed by atoms with van der Waals surface area (Å²) in [4.78, 5) is 2.39. The lowest BCUT2D eigenvalue weighted by Gasteiger charge is -2.28. The molecule has 5 heteroatoms. The van der Waals surface area contributed by atoms with Gasteiger partial charge in [-0.2, -0.15) is 0 Å². The molecule has 0 saturated heterocycles. The number of para-hydroxylation sites is 5. The van der Waals surface area contributed by atoms with E-state index in [1.54, 1.807) is 0 Å². The maximum atomic E-state index is 7.13. The highest BCUT2D eigenvalue weighted by atomic mass is 16.3. The number of aromatic nitrogens is 1. The number of hydrogen-bond acceptors (Lipinski definition) is 4. The Labute approximate surface area is 390 Å². The van der Waals surface area contributed by atoms with Crippen molar-refractivity contribution in [3.63, 3.8) is 0 Å². The number of rotatable bonds is 5. The number of anilines is 3. The highest BCUT2D eigenvalue weighted by molar-refractivity contribution is 6.23. The molecule has 0 unspecified atom stereocenters. The van der Waals surface area contributed by atoms with Gasteiger partial charge in [0.05, 0.1) is 16.4 Å². The minimum Gasteiger partial charge on any atom is -0.456 e. The quantitative estimate of drug-likeness (QED) is 0.173. The van der Waals surface area contributed by atoms with E-state index >= 15 is 0 Å². The number of nitrogens with zero attached hydrogens (tertiary/aromatic N) is 2. The Morgan fingerprint density at radius 1 is 0.368 bits per heavy atom. The molecule has 5 nitrogen and oxygen atoms in total. The van der Waals surface area contributed by atoms with Gasteiger partial charge in [0, 0.05) is 65.7 Å². The predicted molar refractivity (Wildman–Crippen MR) is 280 cm³/mol. The van der Waals surface area contributed by atoms with Gasteiger partial charge >= 0.3 is 0 Å². The van der Waals surface area contributed by atoms with Crippen LogP contribution < -0.4 is 4.90 Å². The summed E-state index contributed by atoms with van der Waals surface area (Å²) in [7, 11) is 0. The number of furan rings is 3. The zero-order valence-electron chi connectivity index (χ0n) is 37.2. The van der Waals surface area contributed by atoms with Gasteiger partial charge in [-0.25, -0.2) is 0 Å². The van der Waals surface area contributed by atoms with E-state index in [0.29, 0.717) is 0 Å². The van der Waals surface area contributed by atoms with Crippen molar-refractivity contribution in [3.8, 4) is 27.9 Å². The van der Waals surface area contributed by atoms with Crippen LogP contribution in [-0.4, -0.2) is 4.57 Å². The third-order valence-electron chi connectivity index (χ3n) is 14.8. The van der Waals surface area contributed by atoms with Gasteiger partial charge < -0.3 is 22.7 Å². The first-order chi connectivity index (χ1) is 33.5. The average Bonchev–Trinajstić information content (AvgIpc) is 4.18. The van der Waals surface area contributed by atoms with Crippen molar-refractivity contribution in [3.05, 3.63) is 217 Å². The van der Waals surface area contributed by atoms with E-state index in [-0.39, 0.29) is 5.41 Å². The lowest BCUT2D eigenvalue weighted by Crippen LogP contribution is -2.16. The first-order valence-corrected chi connectivity index (χ1v) is 23.3. The van der Waals surface area contributed by atoms with Crippen molar-refractivity contribution in [1.82, 2.24) is 4.57 Å². The van der Waals surface area contributed by atoms with Crippen LogP contribution in [0, 0.1) is 0 Å². The van der Waals surface area contributed by atoms with Crippen LogP contribution in [0.3, 0.4) is 0 Å². The second kappa shape index (κ2) is 13.6. The fourth-order valence-corrected chi connectivity index (χ4v) is 11.6. The van der Waals surface area contributed by atoms with Crippen LogP contribution >= 0.6 is 0 Å². The van der Waals surface area contributed by atoms with Crippen LogP contribution in [0.1, 0.15) is 25.0 Å². The van der Waals surface area contributed by atoms with Crippen molar-refractivity contribution in [2.45, 2.75) is 19.3 Å². The zero-order chi connectivity index (χ0) is 44.8. The fourth-order valence-electron chi connectivity index (χ4n) is 11.6. The summed E-state index contributed by atoms with van der Waals surface area (Å²) in [5.41, 5.74) is 18.6. The maximum Gasteiger partial charge on any atom is 0.160 e. The average molecular weight is 873 g/mol. The predicted octanol–water partition coefficient (Wildman–Crippen LogP) is 17.9. The van der Waals surface area contributed by atoms with Gasteiger partial charge in [0.1, 0.15) is 33.6 Å². The van der Waals surface area contributed by atoms with Gasteiger partial charge in [-0.15, -0.1) is 0 Å². The molecule has 0 saturated carbocycles. The van der Waals surface area contributed by atoms with E-state index in [1.165, 1.54) is 33.0 Å². The first kappa shape index (κ1) is 37.4. The fraction of sp³-hybridized carbons (Fsp3) is 0.0476. The second-order valence-corrected chi connectivity index (χ2v) is 18.8. The van der Waals surface area contributed by atoms with Crippen LogP contribution in [0.15, 0.2) is 220 Å². The van der Waals surface area contributed by atoms with Crippen molar-refractivity contribution >= 4 is 105 Å². The lowest BCUT2D eigenvalue weighted by molar-refractivity contribution is 0.660. The third kappa shape index (κ3) is 5.10. The minimum atomic E-state index is -0.172. The number of fused-ring (bicyclic) bond motifs is 15. The summed E-state index contributed by atoms with van der Waals surface area (Å²) in [6, 6.07) is 73.9. The highest BCUT2D eigenvalue weighted by Crippen LogP contribution is 2.52. The van der Waals surface area contributed by atoms with Crippen molar-refractivity contribution < 1.29 is 13.3 Å². The molecule has 0 bridgehead atoms. The Morgan fingerprint density at radius 2 is 0.941 bits per heavy atom. The highest BCUT2D eigenvalue weighted by Gasteiger charge is 2.36. The third-order valence-corrected chi connectivity index (χ3v) is 14.8. The molecule has 0 atom stereocenters. The molecular formula is C63H40N2O3. The van der Waals surface area contributed by atoms with Gasteiger partial charge in [0.15, 0.2) is 5.58 Å². The molecule has 0 spiro atoms. The van der Waals surface area contributed by atoms with Gasteiger partial charge in [0.2, 0.25) is 0 Å². The second-order valence-electron chi connectivity index (χ2n) is 18.8. The molecule has 0 N–H and O–H groups in total. The monoisotopic (exact) mass is 872 g/mol. The molecule has 4 aromatic heterocycles. The Hall–Kier alpha value is -8.80. The first-order valence-electron chi connectivity index (χ1n) is 23.3. The topological polar surface area (TPSA) is 47.6 Å². The molecule has 4 heterocycles. The van der Waals surface area contributed by atoms with E-state index < -0.39 is 0 Å². The van der Waals surface area contributed by atoms with Crippen molar-refractivity contribution in [1.29, 1.82) is 0 Å². The van der Waals surface area contributed by atoms with E-state index in [4.69, 9.17) is 13.3 Å². The van der Waals surface area contributed by atoms with E-state index in [0.717, 1.165) is 111 Å². The molecule has 320 valence electrons. The molecule has 15 rings (SSSR count). The van der Waals surface area contributed by atoms with E-state index in [2.05, 4.69) is 211 Å². The molecule has 68 heavy (non-hydrogen) atoms. The van der Waals surface area contributed by atoms with Gasteiger partial charge in [-0.3, -0.25) is 0 Å². The molecule has 0 radical (unpaired) electrons. The molecule has 1 aliphatic rings. The van der Waals surface area contributed by atoms with Crippen LogP contribution in [0.5, 0.6) is 0 Å². The summed E-state index contributed by atoms with van der Waals surface area (Å²) >= 11 is 0.